The number of amides is 1. The van der Waals surface area contributed by atoms with Crippen LogP contribution in [0, 0.1) is 0 Å². The molecule has 0 aromatic heterocycles. The molecule has 0 aromatic rings. The number of rotatable bonds is 67. The predicted octanol–water partition coefficient (Wildman–Crippen LogP) is 19.9. The summed E-state index contributed by atoms with van der Waals surface area (Å²) >= 11 is 0. The minimum Gasteiger partial charge on any atom is -0.466 e. The van der Waals surface area contributed by atoms with Crippen LogP contribution < -0.4 is 5.32 Å². The molecule has 1 heterocycles. The molecule has 1 fully saturated rings. The summed E-state index contributed by atoms with van der Waals surface area (Å²) in [5.41, 5.74) is 0. The highest BCUT2D eigenvalue weighted by molar-refractivity contribution is 5.76. The Labute approximate surface area is 542 Å². The molecule has 0 aromatic carbocycles. The van der Waals surface area contributed by atoms with Crippen LogP contribution in [0.4, 0.5) is 0 Å². The number of carbonyl (C=O) groups is 2. The van der Waals surface area contributed by atoms with Crippen LogP contribution in [0.25, 0.3) is 0 Å². The van der Waals surface area contributed by atoms with E-state index in [1.807, 2.05) is 19.1 Å². The topological polar surface area (TPSA) is 175 Å². The van der Waals surface area contributed by atoms with Crippen molar-refractivity contribution in [3.8, 4) is 0 Å². The van der Waals surface area contributed by atoms with E-state index >= 15 is 0 Å². The normalized spacial score (nSPS) is 18.0. The highest BCUT2D eigenvalue weighted by Gasteiger charge is 2.44. The highest BCUT2D eigenvalue weighted by atomic mass is 16.7. The van der Waals surface area contributed by atoms with Gasteiger partial charge in [0.05, 0.1) is 32.0 Å². The number of nitrogens with one attached hydrogen (secondary N) is 1. The van der Waals surface area contributed by atoms with Crippen LogP contribution in [0.5, 0.6) is 0 Å². The van der Waals surface area contributed by atoms with Gasteiger partial charge in [-0.1, -0.05) is 325 Å². The average Bonchev–Trinajstić information content (AvgIpc) is 3.58. The molecule has 0 saturated carbocycles. The van der Waals surface area contributed by atoms with Crippen molar-refractivity contribution in [2.24, 2.45) is 0 Å². The van der Waals surface area contributed by atoms with Gasteiger partial charge in [-0.3, -0.25) is 9.59 Å². The molecular weight excluding hydrogens is 1100 g/mol. The summed E-state index contributed by atoms with van der Waals surface area (Å²) in [4.78, 5) is 25.1. The summed E-state index contributed by atoms with van der Waals surface area (Å²) in [6, 6.07) is -0.832. The first-order valence-corrected chi connectivity index (χ1v) is 37.9. The van der Waals surface area contributed by atoms with Crippen molar-refractivity contribution < 1.29 is 49.3 Å². The van der Waals surface area contributed by atoms with Crippen molar-refractivity contribution in [1.82, 2.24) is 5.32 Å². The molecule has 0 bridgehead atoms. The van der Waals surface area contributed by atoms with E-state index in [0.29, 0.717) is 19.4 Å². The summed E-state index contributed by atoms with van der Waals surface area (Å²) in [5.74, 6) is -0.181. The Balaban J connectivity index is 1.87. The van der Waals surface area contributed by atoms with Gasteiger partial charge in [0.1, 0.15) is 24.4 Å². The number of ether oxygens (including phenoxy) is 3. The number of aliphatic hydroxyl groups is 5. The smallest absolute Gasteiger partial charge is 0.305 e. The molecule has 1 aliphatic rings. The number of hydrogen-bond acceptors (Lipinski definition) is 10. The molecule has 0 aliphatic carbocycles. The average molecular weight is 1240 g/mol. The zero-order chi connectivity index (χ0) is 63.7. The summed E-state index contributed by atoms with van der Waals surface area (Å²) < 4.78 is 16.7. The van der Waals surface area contributed by atoms with Crippen molar-refractivity contribution in [3.63, 3.8) is 0 Å². The first-order chi connectivity index (χ1) is 43.2. The van der Waals surface area contributed by atoms with E-state index < -0.39 is 49.5 Å². The minimum absolute atomic E-state index is 0.0153. The van der Waals surface area contributed by atoms with E-state index in [2.05, 4.69) is 42.6 Å². The highest BCUT2D eigenvalue weighted by Crippen LogP contribution is 2.24. The van der Waals surface area contributed by atoms with Crippen LogP contribution in [0.1, 0.15) is 367 Å². The monoisotopic (exact) mass is 1240 g/mol. The SMILES string of the molecule is C/C=C/CC/C=C/CC/C=C/C(O)C(COC1OC(CO)C(O)C(O)C1O)NC(=O)CCCCCCCCCCCCCCCCCC/C=C\CCCCCCCCCCCCCCOC(=O)CCCCCCCCCCCCCCCCCCCCC. The number of aliphatic hydroxyl groups excluding tert-OH is 5. The van der Waals surface area contributed by atoms with Crippen LogP contribution >= 0.6 is 0 Å². The molecular formula is C77H143NO10. The molecule has 6 N–H and O–H groups in total. The summed E-state index contributed by atoms with van der Waals surface area (Å²) in [5, 5.41) is 54.2. The fourth-order valence-electron chi connectivity index (χ4n) is 12.1. The van der Waals surface area contributed by atoms with Gasteiger partial charge in [0.15, 0.2) is 6.29 Å². The largest absolute Gasteiger partial charge is 0.466 e. The van der Waals surface area contributed by atoms with Gasteiger partial charge in [-0.15, -0.1) is 0 Å². The van der Waals surface area contributed by atoms with Crippen LogP contribution in [0.3, 0.4) is 0 Å². The number of carbonyl (C=O) groups excluding carboxylic acids is 2. The second-order valence-corrected chi connectivity index (χ2v) is 26.4. The third-order valence-electron chi connectivity index (χ3n) is 18.0. The van der Waals surface area contributed by atoms with Crippen LogP contribution in [-0.4, -0.2) is 100 Å². The van der Waals surface area contributed by atoms with Crippen molar-refractivity contribution in [2.45, 2.75) is 410 Å². The Bertz CT molecular complexity index is 1600. The van der Waals surface area contributed by atoms with Crippen LogP contribution in [0.2, 0.25) is 0 Å². The van der Waals surface area contributed by atoms with Gasteiger partial charge in [0.2, 0.25) is 5.91 Å². The van der Waals surface area contributed by atoms with Crippen molar-refractivity contribution in [3.05, 3.63) is 48.6 Å². The molecule has 0 radical (unpaired) electrons. The van der Waals surface area contributed by atoms with E-state index in [1.165, 1.54) is 283 Å². The maximum atomic E-state index is 13.0. The van der Waals surface area contributed by atoms with E-state index in [0.717, 1.165) is 57.8 Å². The molecule has 11 heteroatoms. The molecule has 7 atom stereocenters. The predicted molar refractivity (Wildman–Crippen MR) is 370 cm³/mol. The van der Waals surface area contributed by atoms with Gasteiger partial charge in [-0.25, -0.2) is 0 Å². The number of hydrogen-bond donors (Lipinski definition) is 6. The van der Waals surface area contributed by atoms with Crippen molar-refractivity contribution >= 4 is 11.9 Å². The second-order valence-electron chi connectivity index (χ2n) is 26.4. The third kappa shape index (κ3) is 54.2. The van der Waals surface area contributed by atoms with E-state index in [1.54, 1.807) is 6.08 Å². The van der Waals surface area contributed by atoms with Gasteiger partial charge in [0, 0.05) is 12.8 Å². The van der Waals surface area contributed by atoms with Gasteiger partial charge in [0.25, 0.3) is 0 Å². The van der Waals surface area contributed by atoms with Gasteiger partial charge in [-0.2, -0.15) is 0 Å². The van der Waals surface area contributed by atoms with Crippen LogP contribution in [0.15, 0.2) is 48.6 Å². The Morgan fingerprint density at radius 2 is 0.784 bits per heavy atom. The summed E-state index contributed by atoms with van der Waals surface area (Å²) in [6.07, 6.45) is 77.4. The Morgan fingerprint density at radius 3 is 1.19 bits per heavy atom. The lowest BCUT2D eigenvalue weighted by molar-refractivity contribution is -0.302. The third-order valence-corrected chi connectivity index (χ3v) is 18.0. The zero-order valence-electron chi connectivity index (χ0n) is 57.4. The Hall–Kier alpha value is -2.38. The first kappa shape index (κ1) is 83.6. The first-order valence-electron chi connectivity index (χ1n) is 37.9. The van der Waals surface area contributed by atoms with E-state index in [4.69, 9.17) is 14.2 Å². The van der Waals surface area contributed by atoms with Crippen molar-refractivity contribution in [1.29, 1.82) is 0 Å². The molecule has 11 nitrogen and oxygen atoms in total. The maximum absolute atomic E-state index is 13.0. The minimum atomic E-state index is -1.58. The number of allylic oxidation sites excluding steroid dienone is 7. The van der Waals surface area contributed by atoms with Gasteiger partial charge in [-0.05, 0) is 77.6 Å². The second kappa shape index (κ2) is 66.1. The van der Waals surface area contributed by atoms with Gasteiger partial charge >= 0.3 is 5.97 Å². The number of unbranched alkanes of at least 4 members (excludes halogenated alkanes) is 48. The lowest BCUT2D eigenvalue weighted by atomic mass is 9.99. The Morgan fingerprint density at radius 1 is 0.432 bits per heavy atom. The molecule has 1 rings (SSSR count). The van der Waals surface area contributed by atoms with E-state index in [-0.39, 0.29) is 18.5 Å². The Kier molecular flexibility index (Phi) is 62.8. The van der Waals surface area contributed by atoms with Crippen molar-refractivity contribution in [2.75, 3.05) is 19.8 Å². The fourth-order valence-corrected chi connectivity index (χ4v) is 12.1. The molecule has 1 aliphatic heterocycles. The lowest BCUT2D eigenvalue weighted by Crippen LogP contribution is -2.60. The molecule has 1 saturated heterocycles. The van der Waals surface area contributed by atoms with Gasteiger partial charge < -0.3 is 45.1 Å². The lowest BCUT2D eigenvalue weighted by Gasteiger charge is -2.40. The molecule has 88 heavy (non-hydrogen) atoms. The maximum Gasteiger partial charge on any atom is 0.305 e. The molecule has 7 unspecified atom stereocenters. The molecule has 1 amide bonds. The fraction of sp³-hybridized carbons (Fsp3) is 0.870. The number of esters is 1. The van der Waals surface area contributed by atoms with Crippen LogP contribution in [-0.2, 0) is 23.8 Å². The molecule has 516 valence electrons. The van der Waals surface area contributed by atoms with E-state index in [9.17, 15) is 35.1 Å². The summed E-state index contributed by atoms with van der Waals surface area (Å²) in [7, 11) is 0. The molecule has 0 spiro atoms. The quantitative estimate of drug-likeness (QED) is 0.0195. The summed E-state index contributed by atoms with van der Waals surface area (Å²) in [6.45, 7) is 4.13. The zero-order valence-corrected chi connectivity index (χ0v) is 57.4. The standard InChI is InChI=1S/C77H143NO10/c1-3-5-7-9-11-13-14-15-16-17-32-36-39-42-45-49-53-57-61-65-73(82)86-66-62-58-54-50-46-43-40-37-34-31-29-27-25-23-21-19-18-20-22-24-26-28-30-33-35-38-41-44-48-52-56-60-64-72(81)78-69(70(80)63-59-55-51-47-12-10-8-6-4-2)68-87-77-76(85)75(84)74(83)71(67-79)88-77/h4,6,12,21,23,47,59,63,69-71,74-77,79-80,83-85H,3,5,7-11,13-20,22,24-46,48-58,60-62,64-68H2,1-2H3,(H,78,81)/b6-4+,23-21-,47-12+,63-59+.